The van der Waals surface area contributed by atoms with Gasteiger partial charge in [-0.2, -0.15) is 0 Å². The number of methoxy groups -OCH3 is 1. The summed E-state index contributed by atoms with van der Waals surface area (Å²) in [4.78, 5) is 6.94. The van der Waals surface area contributed by atoms with Crippen molar-refractivity contribution >= 4 is 22.8 Å². The lowest BCUT2D eigenvalue weighted by Crippen LogP contribution is -2.08. The monoisotopic (exact) mass is 358 g/mol. The summed E-state index contributed by atoms with van der Waals surface area (Å²) < 4.78 is 7.55. The van der Waals surface area contributed by atoms with E-state index in [1.54, 1.807) is 7.11 Å². The molecule has 0 aliphatic heterocycles. The molecule has 0 radical (unpaired) electrons. The van der Waals surface area contributed by atoms with Gasteiger partial charge in [0.25, 0.3) is 0 Å². The molecule has 0 aliphatic carbocycles. The molecule has 0 saturated carbocycles. The van der Waals surface area contributed by atoms with Crippen LogP contribution in [0.25, 0.3) is 16.9 Å². The van der Waals surface area contributed by atoms with E-state index < -0.39 is 0 Å². The quantitative estimate of drug-likeness (QED) is 0.555. The first-order valence-corrected chi connectivity index (χ1v) is 8.82. The minimum Gasteiger partial charge on any atom is -0.495 e. The number of fused-ring (bicyclic) bond motifs is 1. The third-order valence-corrected chi connectivity index (χ3v) is 4.55. The minimum atomic E-state index is 0.789. The van der Waals surface area contributed by atoms with Gasteiger partial charge in [-0.15, -0.1) is 0 Å². The van der Waals surface area contributed by atoms with Crippen LogP contribution in [-0.2, 0) is 0 Å². The molecule has 4 rings (SSSR count). The fourth-order valence-corrected chi connectivity index (χ4v) is 3.11. The zero-order valence-corrected chi connectivity index (χ0v) is 15.7. The second kappa shape index (κ2) is 7.03. The Kier molecular flexibility index (Phi) is 4.42. The number of para-hydroxylation sites is 2. The van der Waals surface area contributed by atoms with Crippen LogP contribution >= 0.6 is 0 Å². The number of hydrogen-bond acceptors (Lipinski definition) is 4. The Hall–Kier alpha value is -3.47. The highest BCUT2D eigenvalue weighted by Gasteiger charge is 2.15. The maximum atomic E-state index is 5.50. The van der Waals surface area contributed by atoms with Crippen molar-refractivity contribution < 1.29 is 4.74 Å². The molecule has 2 aromatic heterocycles. The van der Waals surface area contributed by atoms with Crippen LogP contribution in [0.3, 0.4) is 0 Å². The minimum absolute atomic E-state index is 0.789. The summed E-state index contributed by atoms with van der Waals surface area (Å²) >= 11 is 0. The van der Waals surface area contributed by atoms with E-state index in [-0.39, 0.29) is 0 Å². The van der Waals surface area contributed by atoms with Crippen LogP contribution in [0, 0.1) is 0 Å². The largest absolute Gasteiger partial charge is 0.495 e. The second-order valence-corrected chi connectivity index (χ2v) is 6.50. The molecule has 0 atom stereocenters. The van der Waals surface area contributed by atoms with Gasteiger partial charge in [0.15, 0.2) is 0 Å². The molecule has 4 aromatic rings. The Bertz CT molecular complexity index is 1070. The molecule has 27 heavy (non-hydrogen) atoms. The Labute approximate surface area is 158 Å². The van der Waals surface area contributed by atoms with Crippen LogP contribution in [-0.4, -0.2) is 30.6 Å². The molecule has 1 N–H and O–H groups in total. The van der Waals surface area contributed by atoms with E-state index in [2.05, 4.69) is 38.9 Å². The van der Waals surface area contributed by atoms with E-state index in [9.17, 15) is 0 Å². The van der Waals surface area contributed by atoms with Gasteiger partial charge in [0.05, 0.1) is 12.8 Å². The van der Waals surface area contributed by atoms with Gasteiger partial charge in [-0.25, -0.2) is 4.98 Å². The Balaban J connectivity index is 1.84. The number of benzene rings is 2. The Morgan fingerprint density at radius 3 is 2.41 bits per heavy atom. The molecule has 2 heterocycles. The molecule has 0 fully saturated rings. The van der Waals surface area contributed by atoms with Gasteiger partial charge >= 0.3 is 0 Å². The van der Waals surface area contributed by atoms with Gasteiger partial charge in [-0.05, 0) is 36.4 Å². The number of anilines is 3. The molecule has 0 bridgehead atoms. The summed E-state index contributed by atoms with van der Waals surface area (Å²) in [6.45, 7) is 0. The topological polar surface area (TPSA) is 41.8 Å². The van der Waals surface area contributed by atoms with E-state index in [0.717, 1.165) is 39.8 Å². The summed E-state index contributed by atoms with van der Waals surface area (Å²) in [5.74, 6) is 1.70. The van der Waals surface area contributed by atoms with Crippen molar-refractivity contribution in [3.05, 3.63) is 72.9 Å². The van der Waals surface area contributed by atoms with E-state index in [0.29, 0.717) is 0 Å². The fraction of sp³-hybridized carbons (Fsp3) is 0.136. The summed E-state index contributed by atoms with van der Waals surface area (Å²) in [7, 11) is 5.75. The zero-order valence-electron chi connectivity index (χ0n) is 15.7. The molecule has 0 amide bonds. The number of rotatable bonds is 5. The van der Waals surface area contributed by atoms with Crippen LogP contribution in [0.1, 0.15) is 0 Å². The van der Waals surface area contributed by atoms with E-state index >= 15 is 0 Å². The van der Waals surface area contributed by atoms with Gasteiger partial charge in [-0.3, -0.25) is 4.40 Å². The van der Waals surface area contributed by atoms with Crippen LogP contribution < -0.4 is 15.0 Å². The van der Waals surface area contributed by atoms with Crippen molar-refractivity contribution in [1.82, 2.24) is 9.38 Å². The lowest BCUT2D eigenvalue weighted by molar-refractivity contribution is 0.417. The lowest BCUT2D eigenvalue weighted by atomic mass is 10.1. The molecule has 0 saturated heterocycles. The van der Waals surface area contributed by atoms with Crippen LogP contribution in [0.5, 0.6) is 5.75 Å². The van der Waals surface area contributed by atoms with E-state index in [1.165, 1.54) is 0 Å². The SMILES string of the molecule is COc1ccccc1Nc1c(-c2ccc(N(C)C)cc2)nc2ccccn12. The van der Waals surface area contributed by atoms with Gasteiger partial charge in [0, 0.05) is 31.5 Å². The standard InChI is InChI=1S/C22H22N4O/c1-25(2)17-13-11-16(12-14-17)21-22(26-15-7-6-10-20(26)24-21)23-18-8-4-5-9-19(18)27-3/h4-15,23H,1-3H3. The van der Waals surface area contributed by atoms with Crippen molar-refractivity contribution in [1.29, 1.82) is 0 Å². The molecule has 136 valence electrons. The highest BCUT2D eigenvalue weighted by Crippen LogP contribution is 2.34. The molecule has 5 heteroatoms. The first kappa shape index (κ1) is 17.0. The average Bonchev–Trinajstić information content (AvgIpc) is 3.07. The van der Waals surface area contributed by atoms with Gasteiger partial charge in [0.1, 0.15) is 22.9 Å². The highest BCUT2D eigenvalue weighted by atomic mass is 16.5. The highest BCUT2D eigenvalue weighted by molar-refractivity contribution is 5.81. The molecule has 5 nitrogen and oxygen atoms in total. The zero-order chi connectivity index (χ0) is 18.8. The van der Waals surface area contributed by atoms with Crippen molar-refractivity contribution in [3.8, 4) is 17.0 Å². The molecule has 0 spiro atoms. The summed E-state index contributed by atoms with van der Waals surface area (Å²) in [6.07, 6.45) is 2.01. The number of nitrogens with one attached hydrogen (secondary N) is 1. The maximum absolute atomic E-state index is 5.50. The van der Waals surface area contributed by atoms with Crippen LogP contribution in [0.4, 0.5) is 17.2 Å². The van der Waals surface area contributed by atoms with Crippen molar-refractivity contribution in [2.24, 2.45) is 0 Å². The van der Waals surface area contributed by atoms with E-state index in [1.807, 2.05) is 62.8 Å². The lowest BCUT2D eigenvalue weighted by Gasteiger charge is -2.14. The second-order valence-electron chi connectivity index (χ2n) is 6.50. The van der Waals surface area contributed by atoms with Crippen molar-refractivity contribution in [2.75, 3.05) is 31.4 Å². The Morgan fingerprint density at radius 1 is 0.926 bits per heavy atom. The predicted octanol–water partition coefficient (Wildman–Crippen LogP) is 4.82. The molecular weight excluding hydrogens is 336 g/mol. The fourth-order valence-electron chi connectivity index (χ4n) is 3.11. The molecule has 0 unspecified atom stereocenters. The molecular formula is C22H22N4O. The van der Waals surface area contributed by atoms with Crippen molar-refractivity contribution in [2.45, 2.75) is 0 Å². The number of hydrogen-bond donors (Lipinski definition) is 1. The molecule has 0 aliphatic rings. The first-order valence-electron chi connectivity index (χ1n) is 8.82. The number of ether oxygens (including phenoxy) is 1. The first-order chi connectivity index (χ1) is 13.2. The molecule has 2 aromatic carbocycles. The van der Waals surface area contributed by atoms with Gasteiger partial charge in [-0.1, -0.05) is 30.3 Å². The van der Waals surface area contributed by atoms with Gasteiger partial charge in [0.2, 0.25) is 0 Å². The third-order valence-electron chi connectivity index (χ3n) is 4.55. The summed E-state index contributed by atoms with van der Waals surface area (Å²) in [6, 6.07) is 22.3. The number of aromatic nitrogens is 2. The predicted molar refractivity (Wildman–Crippen MR) is 111 cm³/mol. The van der Waals surface area contributed by atoms with Crippen LogP contribution in [0.2, 0.25) is 0 Å². The van der Waals surface area contributed by atoms with Gasteiger partial charge < -0.3 is 15.0 Å². The summed E-state index contributed by atoms with van der Waals surface area (Å²) in [5, 5.41) is 3.52. The Morgan fingerprint density at radius 2 is 1.67 bits per heavy atom. The van der Waals surface area contributed by atoms with Crippen molar-refractivity contribution in [3.63, 3.8) is 0 Å². The average molecular weight is 358 g/mol. The normalized spacial score (nSPS) is 10.8. The number of nitrogens with zero attached hydrogens (tertiary/aromatic N) is 3. The summed E-state index contributed by atoms with van der Waals surface area (Å²) in [5.41, 5.74) is 4.90. The van der Waals surface area contributed by atoms with E-state index in [4.69, 9.17) is 9.72 Å². The van der Waals surface area contributed by atoms with Crippen LogP contribution in [0.15, 0.2) is 72.9 Å². The smallest absolute Gasteiger partial charge is 0.143 e. The number of imidazole rings is 1. The maximum Gasteiger partial charge on any atom is 0.143 e. The third kappa shape index (κ3) is 3.19. The number of pyridine rings is 1.